The molecule has 1 aromatic rings. The van der Waals surface area contributed by atoms with Crippen LogP contribution < -0.4 is 11.2 Å². The van der Waals surface area contributed by atoms with E-state index in [-0.39, 0.29) is 19.1 Å². The molecule has 1 saturated carbocycles. The zero-order valence-corrected chi connectivity index (χ0v) is 12.4. The lowest BCUT2D eigenvalue weighted by atomic mass is 9.98. The van der Waals surface area contributed by atoms with Crippen LogP contribution in [0.25, 0.3) is 0 Å². The summed E-state index contributed by atoms with van der Waals surface area (Å²) >= 11 is 0. The van der Waals surface area contributed by atoms with Crippen molar-refractivity contribution in [3.05, 3.63) is 33.1 Å². The number of ether oxygens (including phenoxy) is 1. The van der Waals surface area contributed by atoms with Gasteiger partial charge in [0.25, 0.3) is 5.56 Å². The summed E-state index contributed by atoms with van der Waals surface area (Å²) in [6.45, 7) is 5.22. The van der Waals surface area contributed by atoms with Crippen LogP contribution in [-0.4, -0.2) is 39.1 Å². The SMILES string of the molecule is CC(C)OC[C@H]1C[C@@H](n2ccc(=O)[nH]c2=O)[C@](C)(F)[C@@H]1O. The lowest BCUT2D eigenvalue weighted by molar-refractivity contribution is -0.0384. The number of nitrogens with zero attached hydrogens (tertiary/aromatic N) is 1. The van der Waals surface area contributed by atoms with Gasteiger partial charge in [-0.25, -0.2) is 9.18 Å². The van der Waals surface area contributed by atoms with E-state index in [0.717, 1.165) is 4.57 Å². The molecule has 0 bridgehead atoms. The monoisotopic (exact) mass is 300 g/mol. The smallest absolute Gasteiger partial charge is 0.328 e. The molecule has 21 heavy (non-hydrogen) atoms. The van der Waals surface area contributed by atoms with Gasteiger partial charge in [-0.1, -0.05) is 0 Å². The number of hydrogen-bond donors (Lipinski definition) is 2. The molecule has 4 atom stereocenters. The minimum Gasteiger partial charge on any atom is -0.389 e. The summed E-state index contributed by atoms with van der Waals surface area (Å²) in [5.74, 6) is -0.397. The van der Waals surface area contributed by atoms with Crippen molar-refractivity contribution in [2.24, 2.45) is 5.92 Å². The van der Waals surface area contributed by atoms with Crippen LogP contribution in [0.1, 0.15) is 33.2 Å². The van der Waals surface area contributed by atoms with E-state index in [4.69, 9.17) is 4.74 Å². The van der Waals surface area contributed by atoms with Crippen LogP contribution in [0.5, 0.6) is 0 Å². The molecule has 0 amide bonds. The highest BCUT2D eigenvalue weighted by molar-refractivity contribution is 5.05. The molecule has 0 aromatic carbocycles. The molecule has 1 aliphatic carbocycles. The highest BCUT2D eigenvalue weighted by Crippen LogP contribution is 2.45. The molecule has 2 N–H and O–H groups in total. The van der Waals surface area contributed by atoms with Crippen molar-refractivity contribution < 1.29 is 14.2 Å². The van der Waals surface area contributed by atoms with Gasteiger partial charge >= 0.3 is 5.69 Å². The quantitative estimate of drug-likeness (QED) is 0.853. The minimum absolute atomic E-state index is 0.0158. The number of aliphatic hydroxyl groups is 1. The third-order valence-electron chi connectivity index (χ3n) is 4.03. The third kappa shape index (κ3) is 3.08. The van der Waals surface area contributed by atoms with Crippen LogP contribution in [0.2, 0.25) is 0 Å². The van der Waals surface area contributed by atoms with E-state index in [9.17, 15) is 19.1 Å². The lowest BCUT2D eigenvalue weighted by Crippen LogP contribution is -2.42. The topological polar surface area (TPSA) is 84.3 Å². The van der Waals surface area contributed by atoms with Crippen LogP contribution >= 0.6 is 0 Å². The summed E-state index contributed by atoms with van der Waals surface area (Å²) in [6.07, 6.45) is 0.299. The first-order valence-electron chi connectivity index (χ1n) is 7.03. The molecule has 1 aromatic heterocycles. The van der Waals surface area contributed by atoms with Crippen molar-refractivity contribution in [2.45, 2.75) is 51.1 Å². The third-order valence-corrected chi connectivity index (χ3v) is 4.03. The normalized spacial score (nSPS) is 32.8. The van der Waals surface area contributed by atoms with Crippen molar-refractivity contribution in [3.8, 4) is 0 Å². The number of nitrogens with one attached hydrogen (secondary N) is 1. The average molecular weight is 300 g/mol. The number of aromatic nitrogens is 2. The second-order valence-electron chi connectivity index (χ2n) is 6.01. The molecule has 2 rings (SSSR count). The fourth-order valence-electron chi connectivity index (χ4n) is 2.84. The predicted molar refractivity (Wildman–Crippen MR) is 75.1 cm³/mol. The summed E-state index contributed by atoms with van der Waals surface area (Å²) in [4.78, 5) is 25.0. The fraction of sp³-hybridized carbons (Fsp3) is 0.714. The molecule has 1 aliphatic rings. The maximum absolute atomic E-state index is 14.9. The van der Waals surface area contributed by atoms with Gasteiger partial charge in [0, 0.05) is 18.2 Å². The summed E-state index contributed by atoms with van der Waals surface area (Å²) < 4.78 is 21.4. The van der Waals surface area contributed by atoms with Crippen molar-refractivity contribution in [2.75, 3.05) is 6.61 Å². The Balaban J connectivity index is 2.27. The summed E-state index contributed by atoms with van der Waals surface area (Å²) in [7, 11) is 0. The Labute approximate surface area is 121 Å². The largest absolute Gasteiger partial charge is 0.389 e. The van der Waals surface area contributed by atoms with Gasteiger partial charge in [0.1, 0.15) is 0 Å². The zero-order valence-electron chi connectivity index (χ0n) is 12.4. The molecule has 0 aliphatic heterocycles. The Morgan fingerprint density at radius 3 is 2.81 bits per heavy atom. The van der Waals surface area contributed by atoms with Crippen LogP contribution in [0.3, 0.4) is 0 Å². The fourth-order valence-corrected chi connectivity index (χ4v) is 2.84. The van der Waals surface area contributed by atoms with Crippen molar-refractivity contribution in [3.63, 3.8) is 0 Å². The Morgan fingerprint density at radius 1 is 1.57 bits per heavy atom. The zero-order chi connectivity index (χ0) is 15.8. The summed E-state index contributed by atoms with van der Waals surface area (Å²) in [5.41, 5.74) is -3.17. The molecule has 7 heteroatoms. The number of aromatic amines is 1. The van der Waals surface area contributed by atoms with Gasteiger partial charge in [0.15, 0.2) is 5.67 Å². The maximum atomic E-state index is 14.9. The first-order valence-corrected chi connectivity index (χ1v) is 7.03. The van der Waals surface area contributed by atoms with Crippen LogP contribution in [0, 0.1) is 5.92 Å². The highest BCUT2D eigenvalue weighted by atomic mass is 19.1. The summed E-state index contributed by atoms with van der Waals surface area (Å²) in [5, 5.41) is 10.2. The number of halogens is 1. The maximum Gasteiger partial charge on any atom is 0.328 e. The van der Waals surface area contributed by atoms with Crippen LogP contribution in [0.4, 0.5) is 4.39 Å². The van der Waals surface area contributed by atoms with E-state index >= 15 is 0 Å². The molecule has 1 heterocycles. The molecule has 118 valence electrons. The Bertz CT molecular complexity index is 607. The number of alkyl halides is 1. The number of H-pyrrole nitrogens is 1. The molecule has 0 unspecified atom stereocenters. The highest BCUT2D eigenvalue weighted by Gasteiger charge is 2.53. The minimum atomic E-state index is -1.97. The number of aliphatic hydroxyl groups excluding tert-OH is 1. The van der Waals surface area contributed by atoms with E-state index in [1.807, 2.05) is 13.8 Å². The van der Waals surface area contributed by atoms with Gasteiger partial charge < -0.3 is 9.84 Å². The van der Waals surface area contributed by atoms with Gasteiger partial charge in [0.2, 0.25) is 0 Å². The van der Waals surface area contributed by atoms with Gasteiger partial charge in [-0.05, 0) is 27.2 Å². The lowest BCUT2D eigenvalue weighted by Gasteiger charge is -2.27. The molecule has 6 nitrogen and oxygen atoms in total. The molecule has 0 spiro atoms. The average Bonchev–Trinajstić information content (AvgIpc) is 2.60. The van der Waals surface area contributed by atoms with E-state index in [0.29, 0.717) is 0 Å². The van der Waals surface area contributed by atoms with Crippen molar-refractivity contribution in [1.29, 1.82) is 0 Å². The van der Waals surface area contributed by atoms with Crippen molar-refractivity contribution in [1.82, 2.24) is 9.55 Å². The summed E-state index contributed by atoms with van der Waals surface area (Å²) in [6, 6.07) is 0.333. The predicted octanol–water partition coefficient (Wildman–Crippen LogP) is 0.612. The van der Waals surface area contributed by atoms with Crippen LogP contribution in [0.15, 0.2) is 21.9 Å². The van der Waals surface area contributed by atoms with Gasteiger partial charge in [-0.15, -0.1) is 0 Å². The second-order valence-corrected chi connectivity index (χ2v) is 6.01. The van der Waals surface area contributed by atoms with Gasteiger partial charge in [-0.2, -0.15) is 0 Å². The first kappa shape index (κ1) is 15.9. The number of rotatable bonds is 4. The molecule has 0 radical (unpaired) electrons. The van der Waals surface area contributed by atoms with E-state index in [1.54, 1.807) is 0 Å². The van der Waals surface area contributed by atoms with E-state index in [1.165, 1.54) is 19.2 Å². The Morgan fingerprint density at radius 2 is 2.24 bits per heavy atom. The Kier molecular flexibility index (Phi) is 4.34. The van der Waals surface area contributed by atoms with E-state index < -0.39 is 35.0 Å². The molecular weight excluding hydrogens is 279 g/mol. The Hall–Kier alpha value is -1.47. The van der Waals surface area contributed by atoms with Gasteiger partial charge in [-0.3, -0.25) is 14.3 Å². The molecular formula is C14H21FN2O4. The van der Waals surface area contributed by atoms with Crippen molar-refractivity contribution >= 4 is 0 Å². The van der Waals surface area contributed by atoms with E-state index in [2.05, 4.69) is 4.98 Å². The molecule has 1 fully saturated rings. The first-order chi connectivity index (χ1) is 9.73. The van der Waals surface area contributed by atoms with Crippen LogP contribution in [-0.2, 0) is 4.74 Å². The van der Waals surface area contributed by atoms with Gasteiger partial charge in [0.05, 0.1) is 24.9 Å². The standard InChI is InChI=1S/C14H21FN2O4/c1-8(2)21-7-9-6-10(14(3,15)12(9)19)17-5-4-11(18)16-13(17)20/h4-5,8-10,12,19H,6-7H2,1-3H3,(H,16,18,20)/t9-,10-,12-,14+/m1/s1. The number of hydrogen-bond acceptors (Lipinski definition) is 4. The second kappa shape index (κ2) is 5.73. The molecule has 0 saturated heterocycles.